The van der Waals surface area contributed by atoms with Gasteiger partial charge in [-0.05, 0) is 23.8 Å². The standard InChI is InChI=1S/C13H8FN.C2H6/c14-13-7-6-10(9-15)8-12(13)11-4-2-1-3-5-11;1-2/h1-8H;1-2H3. The van der Waals surface area contributed by atoms with Gasteiger partial charge < -0.3 is 0 Å². The van der Waals surface area contributed by atoms with Crippen molar-refractivity contribution in [3.05, 3.63) is 59.9 Å². The van der Waals surface area contributed by atoms with Crippen LogP contribution in [-0.2, 0) is 0 Å². The molecule has 17 heavy (non-hydrogen) atoms. The quantitative estimate of drug-likeness (QED) is 0.708. The normalized spacial score (nSPS) is 8.82. The van der Waals surface area contributed by atoms with Crippen molar-refractivity contribution >= 4 is 0 Å². The maximum Gasteiger partial charge on any atom is 0.131 e. The molecular weight excluding hydrogens is 213 g/mol. The van der Waals surface area contributed by atoms with Gasteiger partial charge in [0.1, 0.15) is 5.82 Å². The Balaban J connectivity index is 0.000000686. The third kappa shape index (κ3) is 3.15. The SMILES string of the molecule is CC.N#Cc1ccc(F)c(-c2ccccc2)c1. The number of nitriles is 1. The van der Waals surface area contributed by atoms with E-state index >= 15 is 0 Å². The molecule has 0 heterocycles. The van der Waals surface area contributed by atoms with Crippen LogP contribution >= 0.6 is 0 Å². The molecule has 0 unspecified atom stereocenters. The molecule has 1 nitrogen and oxygen atoms in total. The van der Waals surface area contributed by atoms with Crippen LogP contribution < -0.4 is 0 Å². The predicted octanol–water partition coefficient (Wildman–Crippen LogP) is 4.39. The van der Waals surface area contributed by atoms with Crippen molar-refractivity contribution in [3.8, 4) is 17.2 Å². The summed E-state index contributed by atoms with van der Waals surface area (Å²) >= 11 is 0. The van der Waals surface area contributed by atoms with E-state index in [0.29, 0.717) is 11.1 Å². The monoisotopic (exact) mass is 227 g/mol. The van der Waals surface area contributed by atoms with Gasteiger partial charge in [-0.1, -0.05) is 44.2 Å². The van der Waals surface area contributed by atoms with E-state index in [1.807, 2.05) is 50.2 Å². The Morgan fingerprint density at radius 3 is 2.24 bits per heavy atom. The van der Waals surface area contributed by atoms with E-state index in [0.717, 1.165) is 5.56 Å². The van der Waals surface area contributed by atoms with Crippen molar-refractivity contribution < 1.29 is 4.39 Å². The first-order chi connectivity index (χ1) is 8.31. The number of hydrogen-bond acceptors (Lipinski definition) is 1. The lowest BCUT2D eigenvalue weighted by molar-refractivity contribution is 0.631. The van der Waals surface area contributed by atoms with E-state index in [1.165, 1.54) is 12.1 Å². The zero-order valence-electron chi connectivity index (χ0n) is 9.94. The summed E-state index contributed by atoms with van der Waals surface area (Å²) in [6.07, 6.45) is 0. The van der Waals surface area contributed by atoms with Crippen LogP contribution in [0.5, 0.6) is 0 Å². The Labute approximate surface area is 101 Å². The van der Waals surface area contributed by atoms with Crippen LogP contribution in [0.1, 0.15) is 19.4 Å². The van der Waals surface area contributed by atoms with Crippen LogP contribution in [-0.4, -0.2) is 0 Å². The number of benzene rings is 2. The van der Waals surface area contributed by atoms with Crippen LogP contribution in [0.4, 0.5) is 4.39 Å². The van der Waals surface area contributed by atoms with Gasteiger partial charge in [0.2, 0.25) is 0 Å². The van der Waals surface area contributed by atoms with E-state index in [9.17, 15) is 4.39 Å². The van der Waals surface area contributed by atoms with Crippen LogP contribution in [0.25, 0.3) is 11.1 Å². The third-order valence-electron chi connectivity index (χ3n) is 2.18. The van der Waals surface area contributed by atoms with Gasteiger partial charge >= 0.3 is 0 Å². The summed E-state index contributed by atoms with van der Waals surface area (Å²) in [5, 5.41) is 8.73. The van der Waals surface area contributed by atoms with Crippen molar-refractivity contribution in [2.75, 3.05) is 0 Å². The first-order valence-electron chi connectivity index (χ1n) is 5.56. The van der Waals surface area contributed by atoms with Crippen molar-refractivity contribution in [2.45, 2.75) is 13.8 Å². The van der Waals surface area contributed by atoms with Gasteiger partial charge in [0.15, 0.2) is 0 Å². The summed E-state index contributed by atoms with van der Waals surface area (Å²) in [5.74, 6) is -0.305. The molecule has 0 atom stereocenters. The second-order valence-electron chi connectivity index (χ2n) is 3.17. The van der Waals surface area contributed by atoms with Crippen LogP contribution in [0.2, 0.25) is 0 Å². The second-order valence-corrected chi connectivity index (χ2v) is 3.17. The Morgan fingerprint density at radius 2 is 1.65 bits per heavy atom. The number of hydrogen-bond donors (Lipinski definition) is 0. The molecule has 2 heteroatoms. The van der Waals surface area contributed by atoms with E-state index in [4.69, 9.17) is 5.26 Å². The molecule has 0 saturated heterocycles. The summed E-state index contributed by atoms with van der Waals surface area (Å²) in [6.45, 7) is 4.00. The Hall–Kier alpha value is -2.14. The maximum absolute atomic E-state index is 13.5. The highest BCUT2D eigenvalue weighted by atomic mass is 19.1. The summed E-state index contributed by atoms with van der Waals surface area (Å²) < 4.78 is 13.5. The molecule has 0 bridgehead atoms. The minimum atomic E-state index is -0.305. The number of rotatable bonds is 1. The van der Waals surface area contributed by atoms with Gasteiger partial charge in [-0.2, -0.15) is 5.26 Å². The Bertz CT molecular complexity index is 512. The summed E-state index contributed by atoms with van der Waals surface area (Å²) in [5.41, 5.74) is 1.72. The number of nitrogens with zero attached hydrogens (tertiary/aromatic N) is 1. The van der Waals surface area contributed by atoms with Crippen LogP contribution in [0.15, 0.2) is 48.5 Å². The molecule has 2 aromatic carbocycles. The highest BCUT2D eigenvalue weighted by Crippen LogP contribution is 2.23. The van der Waals surface area contributed by atoms with Crippen molar-refractivity contribution in [2.24, 2.45) is 0 Å². The fourth-order valence-corrected chi connectivity index (χ4v) is 1.43. The molecule has 0 aromatic heterocycles. The lowest BCUT2D eigenvalue weighted by atomic mass is 10.0. The van der Waals surface area contributed by atoms with Gasteiger partial charge in [0.25, 0.3) is 0 Å². The fourth-order valence-electron chi connectivity index (χ4n) is 1.43. The van der Waals surface area contributed by atoms with Crippen molar-refractivity contribution in [3.63, 3.8) is 0 Å². The molecular formula is C15H14FN. The maximum atomic E-state index is 13.5. The molecule has 0 spiro atoms. The minimum Gasteiger partial charge on any atom is -0.206 e. The highest BCUT2D eigenvalue weighted by Gasteiger charge is 2.05. The van der Waals surface area contributed by atoms with Gasteiger partial charge in [0.05, 0.1) is 11.6 Å². The average molecular weight is 227 g/mol. The largest absolute Gasteiger partial charge is 0.206 e. The van der Waals surface area contributed by atoms with E-state index < -0.39 is 0 Å². The molecule has 0 saturated carbocycles. The summed E-state index contributed by atoms with van der Waals surface area (Å²) in [4.78, 5) is 0. The molecule has 86 valence electrons. The lowest BCUT2D eigenvalue weighted by Crippen LogP contribution is -1.85. The van der Waals surface area contributed by atoms with Gasteiger partial charge in [-0.25, -0.2) is 4.39 Å². The Morgan fingerprint density at radius 1 is 1.00 bits per heavy atom. The third-order valence-corrected chi connectivity index (χ3v) is 2.18. The topological polar surface area (TPSA) is 23.8 Å². The van der Waals surface area contributed by atoms with E-state index in [-0.39, 0.29) is 5.82 Å². The van der Waals surface area contributed by atoms with Gasteiger partial charge in [0, 0.05) is 5.56 Å². The summed E-state index contributed by atoms with van der Waals surface area (Å²) in [6, 6.07) is 15.5. The molecule has 0 aliphatic heterocycles. The molecule has 0 radical (unpaired) electrons. The first-order valence-corrected chi connectivity index (χ1v) is 5.56. The smallest absolute Gasteiger partial charge is 0.131 e. The molecule has 0 amide bonds. The zero-order chi connectivity index (χ0) is 12.7. The molecule has 0 aliphatic rings. The average Bonchev–Trinajstić information content (AvgIpc) is 2.42. The van der Waals surface area contributed by atoms with Gasteiger partial charge in [-0.15, -0.1) is 0 Å². The van der Waals surface area contributed by atoms with Crippen molar-refractivity contribution in [1.82, 2.24) is 0 Å². The fraction of sp³-hybridized carbons (Fsp3) is 0.133. The molecule has 2 aromatic rings. The predicted molar refractivity (Wildman–Crippen MR) is 67.9 cm³/mol. The second kappa shape index (κ2) is 6.44. The number of halogens is 1. The van der Waals surface area contributed by atoms with Crippen LogP contribution in [0, 0.1) is 17.1 Å². The summed E-state index contributed by atoms with van der Waals surface area (Å²) in [7, 11) is 0. The van der Waals surface area contributed by atoms with E-state index in [1.54, 1.807) is 6.07 Å². The van der Waals surface area contributed by atoms with Crippen molar-refractivity contribution in [1.29, 1.82) is 5.26 Å². The molecule has 0 N–H and O–H groups in total. The molecule has 0 aliphatic carbocycles. The lowest BCUT2D eigenvalue weighted by Gasteiger charge is -2.03. The minimum absolute atomic E-state index is 0.305. The first kappa shape index (κ1) is 12.9. The molecule has 0 fully saturated rings. The van der Waals surface area contributed by atoms with Crippen LogP contribution in [0.3, 0.4) is 0 Å². The zero-order valence-corrected chi connectivity index (χ0v) is 9.94. The molecule has 2 rings (SSSR count). The van der Waals surface area contributed by atoms with E-state index in [2.05, 4.69) is 0 Å². The Kier molecular flexibility index (Phi) is 4.90. The highest BCUT2D eigenvalue weighted by molar-refractivity contribution is 5.65. The van der Waals surface area contributed by atoms with Gasteiger partial charge in [-0.3, -0.25) is 0 Å².